The molecule has 0 amide bonds. The highest BCUT2D eigenvalue weighted by Gasteiger charge is 2.32. The summed E-state index contributed by atoms with van der Waals surface area (Å²) in [6, 6.07) is 4.96. The van der Waals surface area contributed by atoms with Crippen LogP contribution in [0.2, 0.25) is 0 Å². The second kappa shape index (κ2) is 6.53. The summed E-state index contributed by atoms with van der Waals surface area (Å²) >= 11 is 0. The van der Waals surface area contributed by atoms with E-state index in [0.717, 1.165) is 6.07 Å². The Hall–Kier alpha value is -1.37. The quantitative estimate of drug-likeness (QED) is 0.631. The van der Waals surface area contributed by atoms with E-state index in [4.69, 9.17) is 0 Å². The molecule has 0 radical (unpaired) electrons. The number of hydrogen-bond acceptors (Lipinski definition) is 2. The van der Waals surface area contributed by atoms with Gasteiger partial charge in [-0.05, 0) is 12.1 Å². The lowest BCUT2D eigenvalue weighted by Crippen LogP contribution is -2.16. The van der Waals surface area contributed by atoms with E-state index in [0.29, 0.717) is 0 Å². The summed E-state index contributed by atoms with van der Waals surface area (Å²) in [5, 5.41) is 2.50. The van der Waals surface area contributed by atoms with Gasteiger partial charge < -0.3 is 10.1 Å². The molecule has 0 aliphatic heterocycles. The van der Waals surface area contributed by atoms with Crippen LogP contribution < -0.4 is 5.32 Å². The third-order valence-corrected chi connectivity index (χ3v) is 2.04. The molecule has 0 atom stereocenters. The van der Waals surface area contributed by atoms with Crippen molar-refractivity contribution in [1.29, 1.82) is 0 Å². The molecule has 1 aromatic carbocycles. The first-order chi connectivity index (χ1) is 8.41. The highest BCUT2D eigenvalue weighted by Crippen LogP contribution is 2.34. The molecule has 0 aliphatic carbocycles. The maximum Gasteiger partial charge on any atom is 0.418 e. The fourth-order valence-electron chi connectivity index (χ4n) is 1.31. The summed E-state index contributed by atoms with van der Waals surface area (Å²) in [6.45, 7) is -0.779. The highest BCUT2D eigenvalue weighted by molar-refractivity contribution is 5.52. The molecule has 0 spiro atoms. The van der Waals surface area contributed by atoms with Crippen LogP contribution in [0.25, 0.3) is 0 Å². The van der Waals surface area contributed by atoms with Crippen molar-refractivity contribution in [3.63, 3.8) is 0 Å². The number of rotatable bonds is 6. The van der Waals surface area contributed by atoms with Crippen molar-refractivity contribution < 1.29 is 26.7 Å². The molecule has 2 nitrogen and oxygen atoms in total. The first-order valence-corrected chi connectivity index (χ1v) is 5.17. The monoisotopic (exact) mass is 269 g/mol. The van der Waals surface area contributed by atoms with Gasteiger partial charge in [0.15, 0.2) is 0 Å². The van der Waals surface area contributed by atoms with Crippen LogP contribution in [0.3, 0.4) is 0 Å². The van der Waals surface area contributed by atoms with Gasteiger partial charge in [-0.2, -0.15) is 13.2 Å². The minimum Gasteiger partial charge on any atom is -0.382 e. The van der Waals surface area contributed by atoms with Crippen LogP contribution in [-0.2, 0) is 10.9 Å². The molecule has 0 saturated carbocycles. The van der Waals surface area contributed by atoms with E-state index in [9.17, 15) is 22.0 Å². The van der Waals surface area contributed by atoms with Crippen molar-refractivity contribution in [1.82, 2.24) is 0 Å². The Kier molecular flexibility index (Phi) is 5.33. The van der Waals surface area contributed by atoms with Crippen LogP contribution in [0.15, 0.2) is 24.3 Å². The zero-order valence-corrected chi connectivity index (χ0v) is 9.31. The lowest BCUT2D eigenvalue weighted by molar-refractivity contribution is -0.137. The molecule has 7 heteroatoms. The number of ether oxygens (including phenoxy) is 1. The number of alkyl halides is 5. The minimum absolute atomic E-state index is 0.0276. The number of para-hydroxylation sites is 1. The van der Waals surface area contributed by atoms with Crippen molar-refractivity contribution in [2.24, 2.45) is 0 Å². The molecule has 0 saturated heterocycles. The number of anilines is 1. The lowest BCUT2D eigenvalue weighted by Gasteiger charge is -2.14. The maximum atomic E-state index is 12.6. The van der Waals surface area contributed by atoms with Gasteiger partial charge in [-0.3, -0.25) is 0 Å². The Bertz CT molecular complexity index is 367. The molecule has 0 aliphatic rings. The van der Waals surface area contributed by atoms with Gasteiger partial charge in [0.05, 0.1) is 12.2 Å². The van der Waals surface area contributed by atoms with Crippen LogP contribution >= 0.6 is 0 Å². The Labute approximate surface area is 101 Å². The minimum atomic E-state index is -4.45. The van der Waals surface area contributed by atoms with Crippen LogP contribution in [-0.4, -0.2) is 26.2 Å². The predicted molar refractivity (Wildman–Crippen MR) is 56.8 cm³/mol. The van der Waals surface area contributed by atoms with Crippen LogP contribution in [0, 0.1) is 0 Å². The summed E-state index contributed by atoms with van der Waals surface area (Å²) in [5.74, 6) is 0. The van der Waals surface area contributed by atoms with Crippen LogP contribution in [0.5, 0.6) is 0 Å². The molecule has 0 aromatic heterocycles. The van der Waals surface area contributed by atoms with E-state index in [1.807, 2.05) is 0 Å². The van der Waals surface area contributed by atoms with Crippen molar-refractivity contribution in [3.8, 4) is 0 Å². The molecule has 102 valence electrons. The molecule has 0 fully saturated rings. The molecule has 0 bridgehead atoms. The Morgan fingerprint density at radius 3 is 2.44 bits per heavy atom. The molecule has 1 rings (SSSR count). The van der Waals surface area contributed by atoms with Gasteiger partial charge in [-0.25, -0.2) is 8.78 Å². The van der Waals surface area contributed by atoms with Gasteiger partial charge in [-0.15, -0.1) is 0 Å². The van der Waals surface area contributed by atoms with Crippen LogP contribution in [0.1, 0.15) is 5.56 Å². The standard InChI is InChI=1S/C11H12F5NO/c12-10(13)7-18-6-5-17-9-4-2-1-3-8(9)11(14,15)16/h1-4,10,17H,5-7H2. The third kappa shape index (κ3) is 4.87. The Morgan fingerprint density at radius 1 is 1.17 bits per heavy atom. The maximum absolute atomic E-state index is 12.6. The number of nitrogens with one attached hydrogen (secondary N) is 1. The van der Waals surface area contributed by atoms with Crippen LogP contribution in [0.4, 0.5) is 27.6 Å². The van der Waals surface area contributed by atoms with Crippen molar-refractivity contribution in [3.05, 3.63) is 29.8 Å². The van der Waals surface area contributed by atoms with E-state index in [1.54, 1.807) is 0 Å². The lowest BCUT2D eigenvalue weighted by atomic mass is 10.1. The normalized spacial score (nSPS) is 11.9. The largest absolute Gasteiger partial charge is 0.418 e. The Morgan fingerprint density at radius 2 is 1.83 bits per heavy atom. The summed E-state index contributed by atoms with van der Waals surface area (Å²) < 4.78 is 65.6. The summed E-state index contributed by atoms with van der Waals surface area (Å²) in [5.41, 5.74) is -0.885. The average molecular weight is 269 g/mol. The van der Waals surface area contributed by atoms with Crippen molar-refractivity contribution in [2.45, 2.75) is 12.6 Å². The topological polar surface area (TPSA) is 21.3 Å². The van der Waals surface area contributed by atoms with Gasteiger partial charge in [-0.1, -0.05) is 12.1 Å². The predicted octanol–water partition coefficient (Wildman–Crippen LogP) is 3.40. The van der Waals surface area contributed by atoms with Gasteiger partial charge >= 0.3 is 6.18 Å². The number of benzene rings is 1. The summed E-state index contributed by atoms with van der Waals surface area (Å²) in [7, 11) is 0. The number of hydrogen-bond donors (Lipinski definition) is 1. The van der Waals surface area contributed by atoms with E-state index in [1.165, 1.54) is 18.2 Å². The van der Waals surface area contributed by atoms with E-state index >= 15 is 0 Å². The van der Waals surface area contributed by atoms with Gasteiger partial charge in [0, 0.05) is 12.2 Å². The van der Waals surface area contributed by atoms with Gasteiger partial charge in [0.1, 0.15) is 6.61 Å². The average Bonchev–Trinajstić information content (AvgIpc) is 2.27. The molecule has 18 heavy (non-hydrogen) atoms. The molecular formula is C11H12F5NO. The fourth-order valence-corrected chi connectivity index (χ4v) is 1.31. The second-order valence-electron chi connectivity index (χ2n) is 3.44. The highest BCUT2D eigenvalue weighted by atomic mass is 19.4. The van der Waals surface area contributed by atoms with Crippen molar-refractivity contribution >= 4 is 5.69 Å². The van der Waals surface area contributed by atoms with Gasteiger partial charge in [0.2, 0.25) is 0 Å². The second-order valence-corrected chi connectivity index (χ2v) is 3.44. The van der Waals surface area contributed by atoms with Crippen molar-refractivity contribution in [2.75, 3.05) is 25.1 Å². The molecule has 1 N–H and O–H groups in total. The molecule has 0 heterocycles. The number of halogens is 5. The van der Waals surface area contributed by atoms with Gasteiger partial charge in [0.25, 0.3) is 6.43 Å². The van der Waals surface area contributed by atoms with E-state index < -0.39 is 24.8 Å². The first kappa shape index (κ1) is 14.7. The zero-order valence-electron chi connectivity index (χ0n) is 9.31. The SMILES string of the molecule is FC(F)COCCNc1ccccc1C(F)(F)F. The first-order valence-electron chi connectivity index (χ1n) is 5.17. The molecule has 0 unspecified atom stereocenters. The summed E-state index contributed by atoms with van der Waals surface area (Å²) in [6.07, 6.45) is -7.03. The third-order valence-electron chi connectivity index (χ3n) is 2.04. The smallest absolute Gasteiger partial charge is 0.382 e. The summed E-state index contributed by atoms with van der Waals surface area (Å²) in [4.78, 5) is 0. The fraction of sp³-hybridized carbons (Fsp3) is 0.455. The Balaban J connectivity index is 2.47. The van der Waals surface area contributed by atoms with E-state index in [2.05, 4.69) is 10.1 Å². The van der Waals surface area contributed by atoms with E-state index in [-0.39, 0.29) is 18.8 Å². The molecule has 1 aromatic rings. The zero-order chi connectivity index (χ0) is 13.6. The molecular weight excluding hydrogens is 257 g/mol.